The molecule has 0 bridgehead atoms. The second kappa shape index (κ2) is 0.835. The minimum atomic E-state index is 0.284. The Kier molecular flexibility index (Phi) is 0.436. The minimum Gasteiger partial charge on any atom is -0.103 e. The molecule has 6 heavy (non-hydrogen) atoms. The van der Waals surface area contributed by atoms with Gasteiger partial charge in [0.1, 0.15) is 0 Å². The van der Waals surface area contributed by atoms with Crippen molar-refractivity contribution in [3.8, 4) is 0 Å². The summed E-state index contributed by atoms with van der Waals surface area (Å²) in [5.74, 6) is 0. The predicted molar refractivity (Wildman–Crippen MR) is 29.6 cm³/mol. The van der Waals surface area contributed by atoms with Crippen LogP contribution in [0.25, 0.3) is 0 Å². The lowest BCUT2D eigenvalue weighted by atomic mass is 10.3. The predicted octanol–water partition coefficient (Wildman–Crippen LogP) is 1.04. The zero-order valence-corrected chi connectivity index (χ0v) is 4.78. The van der Waals surface area contributed by atoms with Crippen molar-refractivity contribution in [2.45, 2.75) is 24.4 Å². The summed E-state index contributed by atoms with van der Waals surface area (Å²) < 4.78 is 0. The van der Waals surface area contributed by atoms with Gasteiger partial charge in [-0.15, -0.1) is 5.67 Å². The highest BCUT2D eigenvalue weighted by Gasteiger charge is 2.32. The van der Waals surface area contributed by atoms with Crippen LogP contribution in [-0.2, 0) is 0 Å². The number of rotatable bonds is 0. The summed E-state index contributed by atoms with van der Waals surface area (Å²) in [4.78, 5) is 0. The van der Waals surface area contributed by atoms with Crippen molar-refractivity contribution < 1.29 is 0 Å². The fourth-order valence-electron chi connectivity index (χ4n) is 1.23. The fourth-order valence-corrected chi connectivity index (χ4v) is 3.82. The average Bonchev–Trinajstić information content (AvgIpc) is 2.17. The van der Waals surface area contributed by atoms with Crippen LogP contribution in [0.2, 0.25) is 11.6 Å². The maximum Gasteiger partial charge on any atom is 0.00893 e. The molecule has 2 heterocycles. The normalized spacial score (nSPS) is 38.7. The van der Waals surface area contributed by atoms with Crippen molar-refractivity contribution in [1.29, 1.82) is 0 Å². The van der Waals surface area contributed by atoms with Gasteiger partial charge < -0.3 is 0 Å². The molecule has 0 aliphatic carbocycles. The van der Waals surface area contributed by atoms with Crippen LogP contribution in [0.4, 0.5) is 0 Å². The van der Waals surface area contributed by atoms with Gasteiger partial charge in [-0.05, 0) is 24.4 Å². The van der Waals surface area contributed by atoms with E-state index in [1.165, 1.54) is 12.0 Å². The van der Waals surface area contributed by atoms with Crippen molar-refractivity contribution in [2.75, 3.05) is 0 Å². The van der Waals surface area contributed by atoms with Gasteiger partial charge in [-0.2, -0.15) is 0 Å². The van der Waals surface area contributed by atoms with E-state index in [9.17, 15) is 0 Å². The highest BCUT2D eigenvalue weighted by atomic mass is 28.2. The SMILES string of the molecule is C1=[Si]2CC2CC1. The van der Waals surface area contributed by atoms with E-state index in [2.05, 4.69) is 5.67 Å². The third kappa shape index (κ3) is 0.267. The summed E-state index contributed by atoms with van der Waals surface area (Å²) in [6.45, 7) is 0. The van der Waals surface area contributed by atoms with E-state index in [-0.39, 0.29) is 8.41 Å². The molecule has 2 aliphatic heterocycles. The number of fused-ring (bicyclic) bond motifs is 1. The molecule has 1 unspecified atom stereocenters. The van der Waals surface area contributed by atoms with Gasteiger partial charge in [0.05, 0.1) is 0 Å². The van der Waals surface area contributed by atoms with Crippen LogP contribution in [-0.4, -0.2) is 14.1 Å². The molecule has 0 saturated carbocycles. The first-order valence-corrected chi connectivity index (χ1v) is 4.52. The summed E-state index contributed by atoms with van der Waals surface area (Å²) in [5.41, 5.74) is 3.84. The van der Waals surface area contributed by atoms with Gasteiger partial charge >= 0.3 is 0 Å². The van der Waals surface area contributed by atoms with Gasteiger partial charge in [0.25, 0.3) is 0 Å². The van der Waals surface area contributed by atoms with Gasteiger partial charge in [0.2, 0.25) is 0 Å². The van der Waals surface area contributed by atoms with Gasteiger partial charge in [-0.25, -0.2) is 0 Å². The van der Waals surface area contributed by atoms with Gasteiger partial charge in [0, 0.05) is 8.41 Å². The first kappa shape index (κ1) is 3.14. The van der Waals surface area contributed by atoms with E-state index in [0.717, 1.165) is 0 Å². The average molecular weight is 96.2 g/mol. The van der Waals surface area contributed by atoms with Crippen LogP contribution < -0.4 is 0 Å². The third-order valence-electron chi connectivity index (χ3n) is 1.77. The molecule has 0 N–H and O–H groups in total. The Balaban J connectivity index is 2.35. The lowest BCUT2D eigenvalue weighted by molar-refractivity contribution is 0.919. The van der Waals surface area contributed by atoms with Crippen LogP contribution in [0.15, 0.2) is 0 Å². The summed E-state index contributed by atoms with van der Waals surface area (Å²) >= 11 is 0. The molecule has 0 aromatic rings. The van der Waals surface area contributed by atoms with Gasteiger partial charge in [-0.3, -0.25) is 0 Å². The fraction of sp³-hybridized carbons (Fsp3) is 0.800. The Labute approximate surface area is 39.4 Å². The molecule has 1 saturated heterocycles. The molecule has 2 aliphatic rings. The minimum absolute atomic E-state index is 0.284. The molecular formula is C5H8Si. The summed E-state index contributed by atoms with van der Waals surface area (Å²) in [7, 11) is 0.284. The van der Waals surface area contributed by atoms with E-state index in [4.69, 9.17) is 0 Å². The van der Waals surface area contributed by atoms with Crippen molar-refractivity contribution in [3.63, 3.8) is 0 Å². The van der Waals surface area contributed by atoms with E-state index < -0.39 is 0 Å². The lowest BCUT2D eigenvalue weighted by Gasteiger charge is -1.78. The second-order valence-corrected chi connectivity index (χ2v) is 5.04. The summed E-state index contributed by atoms with van der Waals surface area (Å²) in [6, 6.07) is 1.63. The van der Waals surface area contributed by atoms with Gasteiger partial charge in [-0.1, -0.05) is 0 Å². The van der Waals surface area contributed by atoms with Crippen LogP contribution in [0.5, 0.6) is 0 Å². The van der Waals surface area contributed by atoms with Crippen molar-refractivity contribution in [1.82, 2.24) is 0 Å². The molecule has 1 fully saturated rings. The Morgan fingerprint density at radius 2 is 2.67 bits per heavy atom. The Bertz CT molecular complexity index is 105. The molecule has 0 aromatic carbocycles. The Morgan fingerprint density at radius 3 is 2.83 bits per heavy atom. The molecule has 2 rings (SSSR count). The van der Waals surface area contributed by atoms with Crippen molar-refractivity contribution in [2.24, 2.45) is 0 Å². The summed E-state index contributed by atoms with van der Waals surface area (Å²) in [6.07, 6.45) is 3.01. The lowest BCUT2D eigenvalue weighted by Crippen LogP contribution is -1.69. The molecule has 1 heteroatoms. The first-order chi connectivity index (χ1) is 2.97. The van der Waals surface area contributed by atoms with Crippen molar-refractivity contribution in [3.05, 3.63) is 0 Å². The molecule has 0 aromatic heterocycles. The zero-order chi connectivity index (χ0) is 3.98. The second-order valence-electron chi connectivity index (χ2n) is 2.26. The molecule has 0 amide bonds. The number of hydrogen-bond donors (Lipinski definition) is 0. The molecule has 0 spiro atoms. The standard InChI is InChI=1S/C5H8Si/c1-2-5-4-6(5)3-1/h3,5H,1-2,4H2. The van der Waals surface area contributed by atoms with Crippen LogP contribution in [0.1, 0.15) is 12.8 Å². The molecule has 0 radical (unpaired) electrons. The van der Waals surface area contributed by atoms with E-state index in [1.807, 2.05) is 0 Å². The highest BCUT2D eigenvalue weighted by molar-refractivity contribution is 6.78. The first-order valence-electron chi connectivity index (χ1n) is 2.66. The van der Waals surface area contributed by atoms with Crippen LogP contribution >= 0.6 is 0 Å². The molecule has 0 nitrogen and oxygen atoms in total. The van der Waals surface area contributed by atoms with E-state index >= 15 is 0 Å². The quantitative estimate of drug-likeness (QED) is 0.395. The molecule has 32 valence electrons. The van der Waals surface area contributed by atoms with Crippen LogP contribution in [0, 0.1) is 0 Å². The third-order valence-corrected chi connectivity index (χ3v) is 4.56. The van der Waals surface area contributed by atoms with Crippen LogP contribution in [0.3, 0.4) is 0 Å². The largest absolute Gasteiger partial charge is 0.103 e. The number of hydrogen-bond acceptors (Lipinski definition) is 0. The maximum atomic E-state index is 2.58. The maximum absolute atomic E-state index is 2.58. The molecule has 1 atom stereocenters. The van der Waals surface area contributed by atoms with Crippen molar-refractivity contribution >= 4 is 14.1 Å². The Morgan fingerprint density at radius 1 is 1.67 bits per heavy atom. The Hall–Kier alpha value is 0.0869. The monoisotopic (exact) mass is 96.0 g/mol. The van der Waals surface area contributed by atoms with Gasteiger partial charge in [0.15, 0.2) is 0 Å². The zero-order valence-electron chi connectivity index (χ0n) is 3.78. The summed E-state index contributed by atoms with van der Waals surface area (Å²) in [5, 5.41) is 0. The topological polar surface area (TPSA) is 0 Å². The molecular weight excluding hydrogens is 88.1 g/mol. The van der Waals surface area contributed by atoms with E-state index in [0.29, 0.717) is 0 Å². The van der Waals surface area contributed by atoms with E-state index in [1.54, 1.807) is 12.5 Å². The smallest absolute Gasteiger partial charge is 0.00893 e. The highest BCUT2D eigenvalue weighted by Crippen LogP contribution is 2.40.